The van der Waals surface area contributed by atoms with Gasteiger partial charge in [-0.15, -0.1) is 0 Å². The quantitative estimate of drug-likeness (QED) is 0.0718. The first-order chi connectivity index (χ1) is 20.9. The normalized spacial score (nSPS) is 11.1. The van der Waals surface area contributed by atoms with Gasteiger partial charge in [0, 0.05) is 24.2 Å². The second-order valence-electron chi connectivity index (χ2n) is 9.13. The van der Waals surface area contributed by atoms with E-state index in [2.05, 4.69) is 23.6 Å². The Kier molecular flexibility index (Phi) is 12.3. The lowest BCUT2D eigenvalue weighted by atomic mass is 10.0. The number of aliphatic carboxylic acids is 2. The summed E-state index contributed by atoms with van der Waals surface area (Å²) in [4.78, 5) is 33.6. The summed E-state index contributed by atoms with van der Waals surface area (Å²) in [5.41, 5.74) is 11.5. The van der Waals surface area contributed by atoms with Crippen LogP contribution in [0.25, 0.3) is 22.2 Å². The number of aryl methyl sites for hydroxylation is 1. The lowest BCUT2D eigenvalue weighted by molar-refractivity contribution is -0.193. The Labute approximate surface area is 251 Å². The number of rotatable bonds is 7. The van der Waals surface area contributed by atoms with Crippen LogP contribution in [0.1, 0.15) is 31.2 Å². The number of para-hydroxylation sites is 1. The molecule has 0 saturated carbocycles. The van der Waals surface area contributed by atoms with E-state index in [0.717, 1.165) is 58.5 Å². The first-order valence-electron chi connectivity index (χ1n) is 12.9. The summed E-state index contributed by atoms with van der Waals surface area (Å²) in [6.45, 7) is 2.86. The van der Waals surface area contributed by atoms with Gasteiger partial charge < -0.3 is 30.4 Å². The molecule has 0 fully saturated rings. The number of aromatic nitrogens is 2. The number of carboxylic acid groups (broad SMARTS) is 3. The van der Waals surface area contributed by atoms with Crippen LogP contribution in [0.4, 0.5) is 36.8 Å². The summed E-state index contributed by atoms with van der Waals surface area (Å²) >= 11 is 0. The van der Waals surface area contributed by atoms with Gasteiger partial charge in [-0.3, -0.25) is 0 Å². The molecular formula is C29H27F6N3O7. The number of halogens is 6. The number of carbonyl (C=O) groups is 3. The van der Waals surface area contributed by atoms with Crippen molar-refractivity contribution in [3.05, 3.63) is 78.1 Å². The van der Waals surface area contributed by atoms with Gasteiger partial charge in [-0.2, -0.15) is 26.3 Å². The van der Waals surface area contributed by atoms with Crippen LogP contribution in [0.2, 0.25) is 0 Å². The Morgan fingerprint density at radius 2 is 1.42 bits per heavy atom. The minimum absolute atomic E-state index is 0.320. The number of ether oxygens (including phenoxy) is 1. The lowest BCUT2D eigenvalue weighted by Crippen LogP contribution is -2.21. The average Bonchev–Trinajstić information content (AvgIpc) is 3.28. The highest BCUT2D eigenvalue weighted by Crippen LogP contribution is 2.30. The molecular weight excluding hydrogens is 616 g/mol. The number of imidazole rings is 1. The molecule has 1 aromatic heterocycles. The van der Waals surface area contributed by atoms with Crippen molar-refractivity contribution >= 4 is 34.8 Å². The number of nitrogen functional groups attached to an aromatic ring is 1. The summed E-state index contributed by atoms with van der Waals surface area (Å²) in [5.74, 6) is -4.13. The summed E-state index contributed by atoms with van der Waals surface area (Å²) in [5, 5.41) is 23.2. The molecule has 0 spiro atoms. The average molecular weight is 644 g/mol. The van der Waals surface area contributed by atoms with Crippen molar-refractivity contribution in [3.63, 3.8) is 0 Å². The maximum atomic E-state index is 11.0. The van der Waals surface area contributed by atoms with Crippen molar-refractivity contribution in [2.75, 3.05) is 5.73 Å². The van der Waals surface area contributed by atoms with E-state index in [9.17, 15) is 31.1 Å². The third-order valence-corrected chi connectivity index (χ3v) is 5.78. The number of unbranched alkanes of at least 4 members (excludes halogenated alkanes) is 1. The minimum atomic E-state index is -5.08. The van der Waals surface area contributed by atoms with E-state index in [1.165, 1.54) is 0 Å². The van der Waals surface area contributed by atoms with Crippen molar-refractivity contribution < 1.29 is 60.8 Å². The molecule has 0 bridgehead atoms. The smallest absolute Gasteiger partial charge is 0.475 e. The number of hydrogen-bond donors (Lipinski definition) is 4. The molecule has 0 unspecified atom stereocenters. The third kappa shape index (κ3) is 11.1. The number of benzene rings is 3. The molecule has 16 heteroatoms. The second-order valence-corrected chi connectivity index (χ2v) is 9.13. The van der Waals surface area contributed by atoms with Crippen LogP contribution < -0.4 is 10.5 Å². The van der Waals surface area contributed by atoms with Crippen LogP contribution in [0.15, 0.2) is 66.7 Å². The highest BCUT2D eigenvalue weighted by atomic mass is 19.4. The maximum Gasteiger partial charge on any atom is 0.511 e. The molecule has 0 atom stereocenters. The van der Waals surface area contributed by atoms with Gasteiger partial charge in [0.25, 0.3) is 0 Å². The molecule has 0 aliphatic heterocycles. The van der Waals surface area contributed by atoms with Gasteiger partial charge in [-0.1, -0.05) is 55.8 Å². The maximum absolute atomic E-state index is 11.0. The molecule has 0 aliphatic rings. The Hall–Kier alpha value is -5.28. The zero-order valence-electron chi connectivity index (χ0n) is 23.4. The van der Waals surface area contributed by atoms with Crippen LogP contribution in [0.3, 0.4) is 0 Å². The molecule has 0 saturated heterocycles. The molecule has 5 N–H and O–H groups in total. The monoisotopic (exact) mass is 643 g/mol. The summed E-state index contributed by atoms with van der Waals surface area (Å²) in [6, 6.07) is 21.0. The van der Waals surface area contributed by atoms with Gasteiger partial charge in [-0.05, 0) is 41.8 Å². The topological polar surface area (TPSA) is 165 Å². The summed E-state index contributed by atoms with van der Waals surface area (Å²) in [6.07, 6.45) is -8.38. The summed E-state index contributed by atoms with van der Waals surface area (Å²) in [7, 11) is 0. The van der Waals surface area contributed by atoms with Gasteiger partial charge >= 0.3 is 30.4 Å². The standard InChI is InChI=1S/C25H25N3O3.2C2HF3O2/c1-2-3-8-24-27-21-14-13-19(26)15-22(21)28(24)16-17-9-11-18(12-10-17)20-6-4-5-7-23(20)31-25(29)30;2*3-2(4,5)1(6)7/h4-7,9-15H,2-3,8,16,26H2,1H3,(H,29,30);2*(H,6,7). The first-order valence-corrected chi connectivity index (χ1v) is 12.9. The number of hydrogen-bond acceptors (Lipinski definition) is 6. The molecule has 3 aromatic carbocycles. The Morgan fingerprint density at radius 3 is 1.93 bits per heavy atom. The molecule has 1 heterocycles. The highest BCUT2D eigenvalue weighted by molar-refractivity contribution is 5.80. The lowest BCUT2D eigenvalue weighted by Gasteiger charge is -2.12. The molecule has 45 heavy (non-hydrogen) atoms. The number of nitrogens with two attached hydrogens (primary N) is 1. The fourth-order valence-electron chi connectivity index (χ4n) is 3.75. The van der Waals surface area contributed by atoms with Gasteiger partial charge in [0.1, 0.15) is 11.6 Å². The number of anilines is 1. The SMILES string of the molecule is CCCCc1nc2ccc(N)cc2n1Cc1ccc(-c2ccccc2OC(=O)O)cc1.O=C(O)C(F)(F)F.O=C(O)C(F)(F)F. The van der Waals surface area contributed by atoms with Crippen molar-refractivity contribution in [1.29, 1.82) is 0 Å². The Morgan fingerprint density at radius 1 is 0.867 bits per heavy atom. The molecule has 242 valence electrons. The van der Waals surface area contributed by atoms with Crippen molar-refractivity contribution in [3.8, 4) is 16.9 Å². The first kappa shape index (κ1) is 35.9. The van der Waals surface area contributed by atoms with E-state index in [0.29, 0.717) is 12.3 Å². The largest absolute Gasteiger partial charge is 0.511 e. The molecule has 0 radical (unpaired) electrons. The zero-order valence-corrected chi connectivity index (χ0v) is 23.4. The number of nitrogens with zero attached hydrogens (tertiary/aromatic N) is 2. The highest BCUT2D eigenvalue weighted by Gasteiger charge is 2.38. The van der Waals surface area contributed by atoms with E-state index < -0.39 is 30.4 Å². The molecule has 10 nitrogen and oxygen atoms in total. The van der Waals surface area contributed by atoms with E-state index in [4.69, 9.17) is 40.4 Å². The van der Waals surface area contributed by atoms with Gasteiger partial charge in [0.2, 0.25) is 0 Å². The van der Waals surface area contributed by atoms with Crippen LogP contribution in [-0.2, 0) is 22.6 Å². The Balaban J connectivity index is 0.000000421. The zero-order chi connectivity index (χ0) is 33.9. The molecule has 4 rings (SSSR count). The second kappa shape index (κ2) is 15.4. The fraction of sp³-hybridized carbons (Fsp3) is 0.241. The number of fused-ring (bicyclic) bond motifs is 1. The number of carboxylic acids is 2. The van der Waals surface area contributed by atoms with E-state index in [1.54, 1.807) is 12.1 Å². The molecule has 0 amide bonds. The van der Waals surface area contributed by atoms with Gasteiger partial charge in [0.05, 0.1) is 11.0 Å². The fourth-order valence-corrected chi connectivity index (χ4v) is 3.75. The van der Waals surface area contributed by atoms with Crippen LogP contribution in [0, 0.1) is 0 Å². The van der Waals surface area contributed by atoms with E-state index in [1.807, 2.05) is 42.5 Å². The van der Waals surface area contributed by atoms with Crippen LogP contribution in [-0.4, -0.2) is 55.3 Å². The van der Waals surface area contributed by atoms with Crippen LogP contribution in [0.5, 0.6) is 5.75 Å². The predicted molar refractivity (Wildman–Crippen MR) is 150 cm³/mol. The number of alkyl halides is 6. The van der Waals surface area contributed by atoms with Crippen molar-refractivity contribution in [2.24, 2.45) is 0 Å². The molecule has 0 aliphatic carbocycles. The van der Waals surface area contributed by atoms with Crippen LogP contribution >= 0.6 is 0 Å². The Bertz CT molecular complexity index is 1590. The van der Waals surface area contributed by atoms with E-state index >= 15 is 0 Å². The van der Waals surface area contributed by atoms with Crippen molar-refractivity contribution in [1.82, 2.24) is 9.55 Å². The predicted octanol–water partition coefficient (Wildman–Crippen LogP) is 7.00. The van der Waals surface area contributed by atoms with E-state index in [-0.39, 0.29) is 0 Å². The van der Waals surface area contributed by atoms with Gasteiger partial charge in [0.15, 0.2) is 0 Å². The molecule has 4 aromatic rings. The summed E-state index contributed by atoms with van der Waals surface area (Å²) < 4.78 is 70.6. The van der Waals surface area contributed by atoms with Crippen molar-refractivity contribution in [2.45, 2.75) is 45.1 Å². The van der Waals surface area contributed by atoms with Gasteiger partial charge in [-0.25, -0.2) is 19.4 Å². The minimum Gasteiger partial charge on any atom is -0.475 e. The third-order valence-electron chi connectivity index (χ3n) is 5.78.